The maximum Gasteiger partial charge on any atom is 0.423 e. The Balaban J connectivity index is 0. The molecule has 0 aromatic rings. The van der Waals surface area contributed by atoms with E-state index in [4.69, 9.17) is 0 Å². The second-order valence-corrected chi connectivity index (χ2v) is 0.986. The van der Waals surface area contributed by atoms with E-state index in [1.165, 1.54) is 4.58 Å². The first-order valence-corrected chi connectivity index (χ1v) is 1.32. The fourth-order valence-electron chi connectivity index (χ4n) is 0. The standard InChI is InChI=1S/C3H6NO.Si/c1-4(2)3-5;/h1-2H3;/q+1;. The Morgan fingerprint density at radius 3 is 1.67 bits per heavy atom. The van der Waals surface area contributed by atoms with E-state index in [0.717, 1.165) is 0 Å². The highest BCUT2D eigenvalue weighted by atomic mass is 28.1. The van der Waals surface area contributed by atoms with E-state index in [1.807, 2.05) is 0 Å². The lowest BCUT2D eigenvalue weighted by atomic mass is 11.1. The predicted octanol–water partition coefficient (Wildman–Crippen LogP) is -0.787. The van der Waals surface area contributed by atoms with Crippen molar-refractivity contribution in [2.24, 2.45) is 0 Å². The monoisotopic (exact) mass is 100 g/mol. The van der Waals surface area contributed by atoms with Crippen molar-refractivity contribution >= 4 is 17.0 Å². The molecule has 0 heterocycles. The minimum absolute atomic E-state index is 0. The molecule has 0 atom stereocenters. The summed E-state index contributed by atoms with van der Waals surface area (Å²) in [6, 6.07) is 0. The summed E-state index contributed by atoms with van der Waals surface area (Å²) in [6.45, 7) is 0. The van der Waals surface area contributed by atoms with Crippen molar-refractivity contribution in [3.8, 4) is 0 Å². The molecule has 0 amide bonds. The molecule has 32 valence electrons. The zero-order valence-corrected chi connectivity index (χ0v) is 4.86. The number of hydrogen-bond donors (Lipinski definition) is 0. The lowest BCUT2D eigenvalue weighted by molar-refractivity contribution is -0.461. The van der Waals surface area contributed by atoms with Gasteiger partial charge in [-0.25, -0.2) is 0 Å². The SMILES string of the molecule is C[N+](C)=C=O.[Si]. The summed E-state index contributed by atoms with van der Waals surface area (Å²) in [6.07, 6.45) is 1.61. The molecular formula is C3H6NOSi+. The highest BCUT2D eigenvalue weighted by molar-refractivity contribution is 5.75. The first-order chi connectivity index (χ1) is 2.27. The Kier molecular flexibility index (Phi) is 7.00. The number of nitrogens with zero attached hydrogens (tertiary/aromatic N) is 1. The molecule has 0 bridgehead atoms. The van der Waals surface area contributed by atoms with Crippen LogP contribution in [0, 0.1) is 0 Å². The van der Waals surface area contributed by atoms with Crippen LogP contribution in [0.4, 0.5) is 0 Å². The quantitative estimate of drug-likeness (QED) is 0.169. The van der Waals surface area contributed by atoms with Gasteiger partial charge in [-0.05, 0) is 0 Å². The minimum Gasteiger partial charge on any atom is -0.160 e. The lowest BCUT2D eigenvalue weighted by Gasteiger charge is -1.60. The molecule has 0 unspecified atom stereocenters. The largest absolute Gasteiger partial charge is 0.423 e. The van der Waals surface area contributed by atoms with Crippen LogP contribution in [-0.4, -0.2) is 35.7 Å². The first kappa shape index (κ1) is 9.14. The predicted molar refractivity (Wildman–Crippen MR) is 23.6 cm³/mol. The molecule has 4 radical (unpaired) electrons. The number of hydrogen-bond acceptors (Lipinski definition) is 1. The van der Waals surface area contributed by atoms with E-state index >= 15 is 0 Å². The van der Waals surface area contributed by atoms with Crippen molar-refractivity contribution < 1.29 is 9.37 Å². The van der Waals surface area contributed by atoms with E-state index in [1.54, 1.807) is 20.2 Å². The van der Waals surface area contributed by atoms with Gasteiger partial charge < -0.3 is 0 Å². The smallest absolute Gasteiger partial charge is 0.160 e. The van der Waals surface area contributed by atoms with E-state index in [0.29, 0.717) is 0 Å². The molecule has 0 aromatic heterocycles. The molecule has 2 nitrogen and oxygen atoms in total. The van der Waals surface area contributed by atoms with Crippen LogP contribution in [0.1, 0.15) is 0 Å². The topological polar surface area (TPSA) is 20.1 Å². The van der Waals surface area contributed by atoms with Crippen molar-refractivity contribution in [1.82, 2.24) is 0 Å². The summed E-state index contributed by atoms with van der Waals surface area (Å²) in [4.78, 5) is 9.31. The van der Waals surface area contributed by atoms with Gasteiger partial charge in [0.05, 0.1) is 0 Å². The van der Waals surface area contributed by atoms with E-state index in [-0.39, 0.29) is 11.0 Å². The molecule has 0 fully saturated rings. The van der Waals surface area contributed by atoms with Crippen LogP contribution in [0.25, 0.3) is 0 Å². The summed E-state index contributed by atoms with van der Waals surface area (Å²) < 4.78 is 1.32. The van der Waals surface area contributed by atoms with Crippen molar-refractivity contribution in [3.05, 3.63) is 0 Å². The third kappa shape index (κ3) is 9.51. The molecule has 0 saturated heterocycles. The normalized spacial score (nSPS) is 5.00. The Bertz CT molecular complexity index is 70.9. The van der Waals surface area contributed by atoms with Crippen molar-refractivity contribution in [1.29, 1.82) is 0 Å². The molecule has 3 heteroatoms. The van der Waals surface area contributed by atoms with Crippen LogP contribution in [0.2, 0.25) is 0 Å². The first-order valence-electron chi connectivity index (χ1n) is 1.32. The highest BCUT2D eigenvalue weighted by Crippen LogP contribution is 1.35. The Hall–Kier alpha value is -0.403. The summed E-state index contributed by atoms with van der Waals surface area (Å²) in [5, 5.41) is 0. The van der Waals surface area contributed by atoms with Gasteiger partial charge in [0, 0.05) is 11.0 Å². The van der Waals surface area contributed by atoms with Crippen LogP contribution in [0.5, 0.6) is 0 Å². The van der Waals surface area contributed by atoms with Gasteiger partial charge in [0.2, 0.25) is 0 Å². The Labute approximate surface area is 41.5 Å². The lowest BCUT2D eigenvalue weighted by Crippen LogP contribution is -1.89. The summed E-state index contributed by atoms with van der Waals surface area (Å²) in [5.41, 5.74) is 0. The third-order valence-corrected chi connectivity index (χ3v) is 0.183. The Morgan fingerprint density at radius 2 is 1.67 bits per heavy atom. The minimum atomic E-state index is 0. The van der Waals surface area contributed by atoms with Crippen LogP contribution in [-0.2, 0) is 4.79 Å². The second kappa shape index (κ2) is 4.60. The van der Waals surface area contributed by atoms with Gasteiger partial charge in [0.25, 0.3) is 0 Å². The van der Waals surface area contributed by atoms with Gasteiger partial charge in [-0.2, -0.15) is 9.37 Å². The molecule has 6 heavy (non-hydrogen) atoms. The number of isocyanates is 1. The van der Waals surface area contributed by atoms with Gasteiger partial charge in [-0.1, -0.05) is 0 Å². The zero-order valence-electron chi connectivity index (χ0n) is 3.86. The van der Waals surface area contributed by atoms with E-state index < -0.39 is 0 Å². The van der Waals surface area contributed by atoms with Crippen LogP contribution in [0.3, 0.4) is 0 Å². The summed E-state index contributed by atoms with van der Waals surface area (Å²) in [5.74, 6) is 0. The van der Waals surface area contributed by atoms with Crippen molar-refractivity contribution in [2.45, 2.75) is 0 Å². The van der Waals surface area contributed by atoms with Gasteiger partial charge in [0.1, 0.15) is 14.1 Å². The van der Waals surface area contributed by atoms with E-state index in [2.05, 4.69) is 0 Å². The van der Waals surface area contributed by atoms with Crippen LogP contribution < -0.4 is 0 Å². The molecule has 0 aliphatic rings. The zero-order chi connectivity index (χ0) is 4.28. The molecule has 0 saturated carbocycles. The van der Waals surface area contributed by atoms with Gasteiger partial charge in [-0.3, -0.25) is 0 Å². The number of carbonyl (C=O) groups excluding carboxylic acids is 1. The maximum absolute atomic E-state index is 9.31. The average molecular weight is 100 g/mol. The van der Waals surface area contributed by atoms with Crippen molar-refractivity contribution in [2.75, 3.05) is 14.1 Å². The summed E-state index contributed by atoms with van der Waals surface area (Å²) in [7, 11) is 3.26. The fraction of sp³-hybridized carbons (Fsp3) is 0.667. The molecule has 0 aliphatic carbocycles. The molecule has 0 spiro atoms. The van der Waals surface area contributed by atoms with Crippen LogP contribution >= 0.6 is 0 Å². The van der Waals surface area contributed by atoms with Crippen molar-refractivity contribution in [3.63, 3.8) is 0 Å². The van der Waals surface area contributed by atoms with E-state index in [9.17, 15) is 4.79 Å². The molecule has 0 N–H and O–H groups in total. The summed E-state index contributed by atoms with van der Waals surface area (Å²) >= 11 is 0. The number of rotatable bonds is 0. The highest BCUT2D eigenvalue weighted by Gasteiger charge is 1.67. The van der Waals surface area contributed by atoms with Gasteiger partial charge in [0.15, 0.2) is 0 Å². The average Bonchev–Trinajstić information content (AvgIpc) is 1.38. The van der Waals surface area contributed by atoms with Crippen LogP contribution in [0.15, 0.2) is 0 Å². The molecular weight excluding hydrogens is 94.1 g/mol. The third-order valence-electron chi connectivity index (χ3n) is 0.183. The maximum atomic E-state index is 9.31. The van der Waals surface area contributed by atoms with Gasteiger partial charge >= 0.3 is 6.08 Å². The molecule has 0 aromatic carbocycles. The fourth-order valence-corrected chi connectivity index (χ4v) is 0. The van der Waals surface area contributed by atoms with Gasteiger partial charge in [-0.15, -0.1) is 0 Å². The Morgan fingerprint density at radius 1 is 1.50 bits per heavy atom. The molecule has 0 rings (SSSR count). The second-order valence-electron chi connectivity index (χ2n) is 0.986. The molecule has 0 aliphatic heterocycles.